The fourth-order valence-corrected chi connectivity index (χ4v) is 3.32. The van der Waals surface area contributed by atoms with Crippen molar-refractivity contribution in [2.75, 3.05) is 0 Å². The van der Waals surface area contributed by atoms with Crippen molar-refractivity contribution >= 4 is 29.3 Å². The SMILES string of the molecule is O=C(O)C1Cc2cc(Cl)ccc2SC1C(F)(F)F. The van der Waals surface area contributed by atoms with Crippen molar-refractivity contribution in [2.45, 2.75) is 22.7 Å². The summed E-state index contributed by atoms with van der Waals surface area (Å²) >= 11 is 6.30. The molecule has 0 fully saturated rings. The van der Waals surface area contributed by atoms with Crippen LogP contribution in [0.25, 0.3) is 0 Å². The summed E-state index contributed by atoms with van der Waals surface area (Å²) in [4.78, 5) is 11.4. The number of hydrogen-bond acceptors (Lipinski definition) is 2. The maximum atomic E-state index is 12.8. The quantitative estimate of drug-likeness (QED) is 0.860. The monoisotopic (exact) mass is 296 g/mol. The van der Waals surface area contributed by atoms with Gasteiger partial charge in [-0.2, -0.15) is 13.2 Å². The van der Waals surface area contributed by atoms with Gasteiger partial charge in [-0.3, -0.25) is 4.79 Å². The first-order chi connectivity index (χ1) is 8.29. The van der Waals surface area contributed by atoms with Gasteiger partial charge >= 0.3 is 12.1 Å². The number of carboxylic acid groups (broad SMARTS) is 1. The average molecular weight is 297 g/mol. The second-order valence-corrected chi connectivity index (χ2v) is 5.60. The van der Waals surface area contributed by atoms with Crippen LogP contribution >= 0.6 is 23.4 Å². The standard InChI is InChI=1S/C11H8ClF3O2S/c12-6-1-2-8-5(3-6)4-7(10(16)17)9(18-8)11(13,14)15/h1-3,7,9H,4H2,(H,16,17). The summed E-state index contributed by atoms with van der Waals surface area (Å²) < 4.78 is 38.4. The van der Waals surface area contributed by atoms with Crippen molar-refractivity contribution < 1.29 is 23.1 Å². The summed E-state index contributed by atoms with van der Waals surface area (Å²) in [6.45, 7) is 0. The van der Waals surface area contributed by atoms with Crippen molar-refractivity contribution in [3.05, 3.63) is 28.8 Å². The van der Waals surface area contributed by atoms with Gasteiger partial charge in [-0.15, -0.1) is 11.8 Å². The van der Waals surface area contributed by atoms with Gasteiger partial charge in [0.15, 0.2) is 0 Å². The lowest BCUT2D eigenvalue weighted by Gasteiger charge is -2.31. The van der Waals surface area contributed by atoms with Crippen LogP contribution in [0, 0.1) is 5.92 Å². The fourth-order valence-electron chi connectivity index (χ4n) is 1.90. The summed E-state index contributed by atoms with van der Waals surface area (Å²) in [7, 11) is 0. The highest BCUT2D eigenvalue weighted by Gasteiger charge is 2.50. The molecule has 0 amide bonds. The zero-order chi connectivity index (χ0) is 13.5. The lowest BCUT2D eigenvalue weighted by Crippen LogP contribution is -2.41. The molecule has 0 bridgehead atoms. The van der Waals surface area contributed by atoms with Crippen molar-refractivity contribution in [3.63, 3.8) is 0 Å². The molecular formula is C11H8ClF3O2S. The minimum Gasteiger partial charge on any atom is -0.481 e. The highest BCUT2D eigenvalue weighted by Crippen LogP contribution is 2.46. The van der Waals surface area contributed by atoms with Gasteiger partial charge < -0.3 is 5.11 Å². The van der Waals surface area contributed by atoms with Crippen molar-refractivity contribution in [2.24, 2.45) is 5.92 Å². The van der Waals surface area contributed by atoms with E-state index < -0.39 is 23.3 Å². The number of fused-ring (bicyclic) bond motifs is 1. The first-order valence-electron chi connectivity index (χ1n) is 5.03. The summed E-state index contributed by atoms with van der Waals surface area (Å²) in [5.74, 6) is -2.91. The molecule has 7 heteroatoms. The topological polar surface area (TPSA) is 37.3 Å². The number of carboxylic acids is 1. The zero-order valence-corrected chi connectivity index (χ0v) is 10.4. The Morgan fingerprint density at radius 3 is 2.67 bits per heavy atom. The van der Waals surface area contributed by atoms with Gasteiger partial charge in [-0.25, -0.2) is 0 Å². The van der Waals surface area contributed by atoms with Gasteiger partial charge in [0, 0.05) is 9.92 Å². The third kappa shape index (κ3) is 2.59. The van der Waals surface area contributed by atoms with Gasteiger partial charge in [0.1, 0.15) is 5.25 Å². The Labute approximate surface area is 110 Å². The predicted octanol–water partition coefficient (Wildman–Crippen LogP) is 3.62. The van der Waals surface area contributed by atoms with E-state index in [1.54, 1.807) is 0 Å². The molecule has 2 nitrogen and oxygen atoms in total. The third-order valence-electron chi connectivity index (χ3n) is 2.72. The minimum atomic E-state index is -4.54. The minimum absolute atomic E-state index is 0.150. The molecule has 1 aliphatic rings. The smallest absolute Gasteiger partial charge is 0.401 e. The van der Waals surface area contributed by atoms with Crippen LogP contribution in [0.4, 0.5) is 13.2 Å². The molecule has 1 aromatic carbocycles. The number of aliphatic carboxylic acids is 1. The van der Waals surface area contributed by atoms with Crippen molar-refractivity contribution in [1.29, 1.82) is 0 Å². The molecule has 0 saturated heterocycles. The van der Waals surface area contributed by atoms with E-state index in [2.05, 4.69) is 0 Å². The molecule has 98 valence electrons. The van der Waals surface area contributed by atoms with E-state index in [-0.39, 0.29) is 6.42 Å². The van der Waals surface area contributed by atoms with E-state index in [4.69, 9.17) is 16.7 Å². The number of thioether (sulfide) groups is 1. The maximum absolute atomic E-state index is 12.8. The molecule has 1 heterocycles. The fraction of sp³-hybridized carbons (Fsp3) is 0.364. The van der Waals surface area contributed by atoms with Gasteiger partial charge in [-0.1, -0.05) is 11.6 Å². The zero-order valence-electron chi connectivity index (χ0n) is 8.87. The van der Waals surface area contributed by atoms with Gasteiger partial charge in [0.2, 0.25) is 0 Å². The predicted molar refractivity (Wildman–Crippen MR) is 62.0 cm³/mol. The second kappa shape index (κ2) is 4.66. The number of carbonyl (C=O) groups is 1. The summed E-state index contributed by atoms with van der Waals surface area (Å²) in [6, 6.07) is 4.52. The Hall–Kier alpha value is -0.880. The Kier molecular flexibility index (Phi) is 3.51. The molecule has 2 unspecified atom stereocenters. The number of benzene rings is 1. The Balaban J connectivity index is 2.40. The van der Waals surface area contributed by atoms with Crippen LogP contribution in [-0.2, 0) is 11.2 Å². The lowest BCUT2D eigenvalue weighted by molar-refractivity contribution is -0.160. The molecular weight excluding hydrogens is 289 g/mol. The molecule has 0 aromatic heterocycles. The molecule has 2 atom stereocenters. The molecule has 0 radical (unpaired) electrons. The first kappa shape index (κ1) is 13.5. The molecule has 2 rings (SSSR count). The van der Waals surface area contributed by atoms with Crippen LogP contribution in [-0.4, -0.2) is 22.5 Å². The molecule has 0 saturated carbocycles. The normalized spacial score (nSPS) is 23.6. The largest absolute Gasteiger partial charge is 0.481 e. The van der Waals surface area contributed by atoms with Gasteiger partial charge in [0.25, 0.3) is 0 Å². The number of rotatable bonds is 1. The van der Waals surface area contributed by atoms with Crippen LogP contribution in [0.2, 0.25) is 5.02 Å². The van der Waals surface area contributed by atoms with E-state index in [9.17, 15) is 18.0 Å². The van der Waals surface area contributed by atoms with E-state index in [1.807, 2.05) is 0 Å². The Morgan fingerprint density at radius 1 is 1.44 bits per heavy atom. The molecule has 0 aliphatic carbocycles. The van der Waals surface area contributed by atoms with E-state index in [1.165, 1.54) is 18.2 Å². The Bertz CT molecular complexity index is 490. The summed E-state index contributed by atoms with van der Waals surface area (Å²) in [6.07, 6.45) is -4.69. The van der Waals surface area contributed by atoms with Gasteiger partial charge in [0.05, 0.1) is 5.92 Å². The number of alkyl halides is 3. The van der Waals surface area contributed by atoms with Crippen LogP contribution in [0.1, 0.15) is 5.56 Å². The Morgan fingerprint density at radius 2 is 2.11 bits per heavy atom. The van der Waals surface area contributed by atoms with Gasteiger partial charge in [-0.05, 0) is 30.2 Å². The van der Waals surface area contributed by atoms with Crippen molar-refractivity contribution in [3.8, 4) is 0 Å². The summed E-state index contributed by atoms with van der Waals surface area (Å²) in [5, 5.41) is 7.40. The second-order valence-electron chi connectivity index (χ2n) is 3.98. The molecule has 1 aromatic rings. The summed E-state index contributed by atoms with van der Waals surface area (Å²) in [5.41, 5.74) is 0.556. The van der Waals surface area contributed by atoms with Crippen LogP contribution in [0.15, 0.2) is 23.1 Å². The highest BCUT2D eigenvalue weighted by molar-refractivity contribution is 8.00. The van der Waals surface area contributed by atoms with E-state index in [0.29, 0.717) is 27.2 Å². The maximum Gasteiger partial charge on any atom is 0.401 e. The molecule has 1 aliphatic heterocycles. The first-order valence-corrected chi connectivity index (χ1v) is 6.29. The molecule has 1 N–H and O–H groups in total. The number of hydrogen-bond donors (Lipinski definition) is 1. The lowest BCUT2D eigenvalue weighted by atomic mass is 9.95. The van der Waals surface area contributed by atoms with E-state index >= 15 is 0 Å². The van der Waals surface area contributed by atoms with E-state index in [0.717, 1.165) is 0 Å². The average Bonchev–Trinajstić information content (AvgIpc) is 2.25. The van der Waals surface area contributed by atoms with Crippen LogP contribution in [0.5, 0.6) is 0 Å². The van der Waals surface area contributed by atoms with Crippen molar-refractivity contribution in [1.82, 2.24) is 0 Å². The molecule has 0 spiro atoms. The highest BCUT2D eigenvalue weighted by atomic mass is 35.5. The van der Waals surface area contributed by atoms with Crippen LogP contribution in [0.3, 0.4) is 0 Å². The van der Waals surface area contributed by atoms with Crippen LogP contribution < -0.4 is 0 Å². The third-order valence-corrected chi connectivity index (χ3v) is 4.46. The molecule has 18 heavy (non-hydrogen) atoms. The number of halogens is 4.